The lowest BCUT2D eigenvalue weighted by Gasteiger charge is -2.14. The van der Waals surface area contributed by atoms with Gasteiger partial charge in [0.2, 0.25) is 0 Å². The summed E-state index contributed by atoms with van der Waals surface area (Å²) in [6.45, 7) is 8.81. The van der Waals surface area contributed by atoms with E-state index in [0.29, 0.717) is 19.1 Å². The summed E-state index contributed by atoms with van der Waals surface area (Å²) in [6.07, 6.45) is 5.89. The van der Waals surface area contributed by atoms with Crippen LogP contribution >= 0.6 is 0 Å². The standard InChI is InChI=1S/C12H23NO2/c1-4-7-8-11(6-3)10-15-12(14)13-9-5-2/h5,11H,2,4,6-10H2,1,3H3,(H,13,14). The van der Waals surface area contributed by atoms with Crippen LogP contribution in [0.3, 0.4) is 0 Å². The predicted octanol–water partition coefficient (Wildman–Crippen LogP) is 3.12. The van der Waals surface area contributed by atoms with Gasteiger partial charge in [-0.2, -0.15) is 0 Å². The maximum Gasteiger partial charge on any atom is 0.407 e. The van der Waals surface area contributed by atoms with Crippen molar-refractivity contribution in [3.05, 3.63) is 12.7 Å². The van der Waals surface area contributed by atoms with Gasteiger partial charge in [0.25, 0.3) is 0 Å². The molecule has 1 N–H and O–H groups in total. The first-order valence-electron chi connectivity index (χ1n) is 5.76. The predicted molar refractivity (Wildman–Crippen MR) is 62.9 cm³/mol. The molecule has 0 aliphatic heterocycles. The van der Waals surface area contributed by atoms with Gasteiger partial charge in [-0.05, 0) is 12.3 Å². The number of rotatable bonds is 8. The summed E-state index contributed by atoms with van der Waals surface area (Å²) >= 11 is 0. The molecule has 0 fully saturated rings. The van der Waals surface area contributed by atoms with Crippen LogP contribution < -0.4 is 5.32 Å². The highest BCUT2D eigenvalue weighted by atomic mass is 16.5. The molecule has 0 heterocycles. The van der Waals surface area contributed by atoms with Crippen LogP contribution in [0, 0.1) is 5.92 Å². The Hall–Kier alpha value is -0.990. The normalized spacial score (nSPS) is 11.9. The Kier molecular flexibility index (Phi) is 8.93. The van der Waals surface area contributed by atoms with Gasteiger partial charge in [0.1, 0.15) is 0 Å². The number of carbonyl (C=O) groups is 1. The van der Waals surface area contributed by atoms with Crippen LogP contribution in [0.4, 0.5) is 4.79 Å². The number of carbonyl (C=O) groups excluding carboxylic acids is 1. The van der Waals surface area contributed by atoms with E-state index >= 15 is 0 Å². The molecule has 0 spiro atoms. The van der Waals surface area contributed by atoms with Crippen LogP contribution in [-0.4, -0.2) is 19.2 Å². The SMILES string of the molecule is C=CCNC(=O)OCC(CC)CCCC. The second kappa shape index (κ2) is 9.56. The van der Waals surface area contributed by atoms with E-state index in [-0.39, 0.29) is 6.09 Å². The molecule has 0 radical (unpaired) electrons. The van der Waals surface area contributed by atoms with Crippen molar-refractivity contribution in [2.75, 3.05) is 13.2 Å². The van der Waals surface area contributed by atoms with Gasteiger partial charge in [0, 0.05) is 6.54 Å². The van der Waals surface area contributed by atoms with Crippen molar-refractivity contribution in [1.29, 1.82) is 0 Å². The third kappa shape index (κ3) is 8.03. The van der Waals surface area contributed by atoms with E-state index in [1.54, 1.807) is 6.08 Å². The maximum atomic E-state index is 11.1. The van der Waals surface area contributed by atoms with E-state index < -0.39 is 0 Å². The first-order valence-corrected chi connectivity index (χ1v) is 5.76. The fraction of sp³-hybridized carbons (Fsp3) is 0.750. The smallest absolute Gasteiger partial charge is 0.407 e. The first kappa shape index (κ1) is 14.0. The summed E-state index contributed by atoms with van der Waals surface area (Å²) < 4.78 is 5.10. The molecule has 0 bridgehead atoms. The molecule has 0 aromatic heterocycles. The van der Waals surface area contributed by atoms with Crippen molar-refractivity contribution in [2.24, 2.45) is 5.92 Å². The molecule has 1 unspecified atom stereocenters. The Morgan fingerprint density at radius 2 is 2.27 bits per heavy atom. The van der Waals surface area contributed by atoms with Crippen molar-refractivity contribution >= 4 is 6.09 Å². The van der Waals surface area contributed by atoms with Gasteiger partial charge in [-0.3, -0.25) is 0 Å². The highest BCUT2D eigenvalue weighted by Crippen LogP contribution is 2.12. The quantitative estimate of drug-likeness (QED) is 0.629. The largest absolute Gasteiger partial charge is 0.449 e. The van der Waals surface area contributed by atoms with Gasteiger partial charge in [0.05, 0.1) is 6.61 Å². The van der Waals surface area contributed by atoms with Gasteiger partial charge >= 0.3 is 6.09 Å². The summed E-state index contributed by atoms with van der Waals surface area (Å²) in [5, 5.41) is 2.59. The molecule has 1 amide bonds. The third-order valence-corrected chi connectivity index (χ3v) is 2.38. The first-order chi connectivity index (χ1) is 7.24. The summed E-state index contributed by atoms with van der Waals surface area (Å²) in [4.78, 5) is 11.1. The molecule has 1 atom stereocenters. The molecule has 0 aromatic carbocycles. The van der Waals surface area contributed by atoms with Gasteiger partial charge in [0.15, 0.2) is 0 Å². The van der Waals surface area contributed by atoms with Crippen LogP contribution in [0.25, 0.3) is 0 Å². The van der Waals surface area contributed by atoms with Crippen LogP contribution in [0.15, 0.2) is 12.7 Å². The Morgan fingerprint density at radius 3 is 2.80 bits per heavy atom. The third-order valence-electron chi connectivity index (χ3n) is 2.38. The number of unbranched alkanes of at least 4 members (excludes halogenated alkanes) is 1. The average molecular weight is 213 g/mol. The van der Waals surface area contributed by atoms with Gasteiger partial charge in [-0.25, -0.2) is 4.79 Å². The zero-order valence-corrected chi connectivity index (χ0v) is 9.92. The van der Waals surface area contributed by atoms with E-state index in [1.165, 1.54) is 12.8 Å². The average Bonchev–Trinajstić information content (AvgIpc) is 2.26. The van der Waals surface area contributed by atoms with Crippen molar-refractivity contribution in [3.63, 3.8) is 0 Å². The Morgan fingerprint density at radius 1 is 1.53 bits per heavy atom. The number of nitrogens with one attached hydrogen (secondary N) is 1. The molecular formula is C12H23NO2. The van der Waals surface area contributed by atoms with Crippen molar-refractivity contribution in [2.45, 2.75) is 39.5 Å². The molecule has 3 heteroatoms. The lowest BCUT2D eigenvalue weighted by molar-refractivity contribution is 0.123. The second-order valence-corrected chi connectivity index (χ2v) is 3.68. The minimum atomic E-state index is -0.343. The summed E-state index contributed by atoms with van der Waals surface area (Å²) in [7, 11) is 0. The Balaban J connectivity index is 3.59. The number of hydrogen-bond donors (Lipinski definition) is 1. The lowest BCUT2D eigenvalue weighted by Crippen LogP contribution is -2.26. The molecule has 0 aliphatic carbocycles. The topological polar surface area (TPSA) is 38.3 Å². The Bertz CT molecular complexity index is 180. The molecule has 0 aliphatic rings. The fourth-order valence-electron chi connectivity index (χ4n) is 1.30. The minimum Gasteiger partial charge on any atom is -0.449 e. The van der Waals surface area contributed by atoms with Gasteiger partial charge in [-0.15, -0.1) is 6.58 Å². The molecule has 3 nitrogen and oxygen atoms in total. The monoisotopic (exact) mass is 213 g/mol. The van der Waals surface area contributed by atoms with Crippen molar-refractivity contribution < 1.29 is 9.53 Å². The zero-order valence-electron chi connectivity index (χ0n) is 9.92. The zero-order chi connectivity index (χ0) is 11.5. The Labute approximate surface area is 92.9 Å². The molecule has 88 valence electrons. The molecular weight excluding hydrogens is 190 g/mol. The number of alkyl carbamates (subject to hydrolysis) is 1. The molecule has 0 rings (SSSR count). The van der Waals surface area contributed by atoms with Crippen LogP contribution in [0.2, 0.25) is 0 Å². The molecule has 0 saturated carbocycles. The summed E-state index contributed by atoms with van der Waals surface area (Å²) in [6, 6.07) is 0. The van der Waals surface area contributed by atoms with E-state index in [1.807, 2.05) is 0 Å². The van der Waals surface area contributed by atoms with E-state index in [9.17, 15) is 4.79 Å². The highest BCUT2D eigenvalue weighted by Gasteiger charge is 2.08. The number of ether oxygens (including phenoxy) is 1. The van der Waals surface area contributed by atoms with E-state index in [0.717, 1.165) is 12.8 Å². The second-order valence-electron chi connectivity index (χ2n) is 3.68. The van der Waals surface area contributed by atoms with Gasteiger partial charge in [-0.1, -0.05) is 39.2 Å². The van der Waals surface area contributed by atoms with Crippen LogP contribution in [-0.2, 0) is 4.74 Å². The van der Waals surface area contributed by atoms with E-state index in [2.05, 4.69) is 25.7 Å². The number of hydrogen-bond acceptors (Lipinski definition) is 2. The minimum absolute atomic E-state index is 0.343. The van der Waals surface area contributed by atoms with Gasteiger partial charge < -0.3 is 10.1 Å². The van der Waals surface area contributed by atoms with E-state index in [4.69, 9.17) is 4.74 Å². The highest BCUT2D eigenvalue weighted by molar-refractivity contribution is 5.67. The van der Waals surface area contributed by atoms with Crippen LogP contribution in [0.1, 0.15) is 39.5 Å². The van der Waals surface area contributed by atoms with Crippen molar-refractivity contribution in [1.82, 2.24) is 5.32 Å². The number of amides is 1. The molecule has 15 heavy (non-hydrogen) atoms. The van der Waals surface area contributed by atoms with Crippen molar-refractivity contribution in [3.8, 4) is 0 Å². The lowest BCUT2D eigenvalue weighted by atomic mass is 10.0. The van der Waals surface area contributed by atoms with Crippen LogP contribution in [0.5, 0.6) is 0 Å². The summed E-state index contributed by atoms with van der Waals surface area (Å²) in [5.41, 5.74) is 0. The fourth-order valence-corrected chi connectivity index (χ4v) is 1.30. The molecule has 0 saturated heterocycles. The summed E-state index contributed by atoms with van der Waals surface area (Å²) in [5.74, 6) is 0.499. The maximum absolute atomic E-state index is 11.1. The molecule has 0 aromatic rings.